The lowest BCUT2D eigenvalue weighted by molar-refractivity contribution is -0.120. The molecule has 0 aliphatic heterocycles. The number of hydrogen-bond donors (Lipinski definition) is 2. The van der Waals surface area contributed by atoms with Gasteiger partial charge in [-0.3, -0.25) is 4.79 Å². The first-order valence-electron chi connectivity index (χ1n) is 6.03. The van der Waals surface area contributed by atoms with Crippen LogP contribution in [0.15, 0.2) is 18.2 Å². The van der Waals surface area contributed by atoms with Crippen LogP contribution in [0.3, 0.4) is 0 Å². The molecule has 1 aromatic rings. The first-order valence-corrected chi connectivity index (χ1v) is 6.79. The van der Waals surface area contributed by atoms with Gasteiger partial charge in [-0.2, -0.15) is 0 Å². The zero-order valence-corrected chi connectivity index (χ0v) is 12.4. The molecule has 4 nitrogen and oxygen atoms in total. The summed E-state index contributed by atoms with van der Waals surface area (Å²) in [6, 6.07) is 5.42. The number of halogens is 2. The van der Waals surface area contributed by atoms with Crippen LogP contribution in [0.5, 0.6) is 0 Å². The molecule has 0 aromatic heterocycles. The molecule has 6 heteroatoms. The van der Waals surface area contributed by atoms with E-state index in [-0.39, 0.29) is 12.5 Å². The lowest BCUT2D eigenvalue weighted by Gasteiger charge is -2.07. The molecule has 0 atom stereocenters. The van der Waals surface area contributed by atoms with Gasteiger partial charge in [-0.15, -0.1) is 0 Å². The number of rotatable bonds is 8. The normalized spacial score (nSPS) is 10.5. The molecule has 0 bridgehead atoms. The predicted octanol–water partition coefficient (Wildman–Crippen LogP) is 1.89. The minimum absolute atomic E-state index is 0.0424. The topological polar surface area (TPSA) is 50.4 Å². The van der Waals surface area contributed by atoms with Crippen LogP contribution in [-0.4, -0.2) is 39.3 Å². The van der Waals surface area contributed by atoms with Crippen molar-refractivity contribution >= 4 is 29.1 Å². The first-order chi connectivity index (χ1) is 9.13. The predicted molar refractivity (Wildman–Crippen MR) is 77.9 cm³/mol. The number of carbonyl (C=O) groups is 1. The molecule has 0 heterocycles. The molecule has 106 valence electrons. The molecule has 0 unspecified atom stereocenters. The Morgan fingerprint density at radius 2 is 2.11 bits per heavy atom. The van der Waals surface area contributed by atoms with Crippen molar-refractivity contribution < 1.29 is 9.53 Å². The Balaban J connectivity index is 2.18. The maximum absolute atomic E-state index is 11.4. The monoisotopic (exact) mass is 304 g/mol. The second-order valence-corrected chi connectivity index (χ2v) is 4.85. The summed E-state index contributed by atoms with van der Waals surface area (Å²) in [5, 5.41) is 7.07. The number of carbonyl (C=O) groups excluding carboxylic acids is 1. The highest BCUT2D eigenvalue weighted by molar-refractivity contribution is 6.35. The SMILES string of the molecule is COCCNC(=O)CNCCc1ccc(Cl)cc1Cl. The maximum atomic E-state index is 11.4. The Hall–Kier alpha value is -0.810. The first kappa shape index (κ1) is 16.2. The van der Waals surface area contributed by atoms with Crippen molar-refractivity contribution in [2.75, 3.05) is 33.4 Å². The third kappa shape index (κ3) is 6.78. The van der Waals surface area contributed by atoms with Gasteiger partial charge in [-0.25, -0.2) is 0 Å². The standard InChI is InChI=1S/C13H18Cl2N2O2/c1-19-7-6-17-13(18)9-16-5-4-10-2-3-11(14)8-12(10)15/h2-3,8,16H,4-7,9H2,1H3,(H,17,18). The van der Waals surface area contributed by atoms with Gasteiger partial charge in [0.25, 0.3) is 0 Å². The Bertz CT molecular complexity index is 414. The van der Waals surface area contributed by atoms with Gasteiger partial charge in [0.05, 0.1) is 13.2 Å². The fourth-order valence-corrected chi connectivity index (χ4v) is 2.01. The Morgan fingerprint density at radius 3 is 2.79 bits per heavy atom. The molecule has 1 aromatic carbocycles. The minimum atomic E-state index is -0.0424. The number of methoxy groups -OCH3 is 1. The highest BCUT2D eigenvalue weighted by Gasteiger charge is 2.02. The van der Waals surface area contributed by atoms with E-state index in [1.165, 1.54) is 0 Å². The number of nitrogens with one attached hydrogen (secondary N) is 2. The lowest BCUT2D eigenvalue weighted by Crippen LogP contribution is -2.36. The zero-order chi connectivity index (χ0) is 14.1. The van der Waals surface area contributed by atoms with Gasteiger partial charge in [0.2, 0.25) is 5.91 Å². The quantitative estimate of drug-likeness (QED) is 0.721. The average molecular weight is 305 g/mol. The van der Waals surface area contributed by atoms with E-state index in [1.807, 2.05) is 6.07 Å². The van der Waals surface area contributed by atoms with Gasteiger partial charge < -0.3 is 15.4 Å². The second kappa shape index (κ2) is 9.15. The van der Waals surface area contributed by atoms with E-state index < -0.39 is 0 Å². The molecule has 19 heavy (non-hydrogen) atoms. The molecular formula is C13H18Cl2N2O2. The van der Waals surface area contributed by atoms with E-state index in [1.54, 1.807) is 19.2 Å². The van der Waals surface area contributed by atoms with Crippen molar-refractivity contribution in [3.05, 3.63) is 33.8 Å². The third-order valence-electron chi connectivity index (χ3n) is 2.50. The van der Waals surface area contributed by atoms with Crippen LogP contribution >= 0.6 is 23.2 Å². The Morgan fingerprint density at radius 1 is 1.32 bits per heavy atom. The van der Waals surface area contributed by atoms with Crippen LogP contribution < -0.4 is 10.6 Å². The van der Waals surface area contributed by atoms with Gasteiger partial charge >= 0.3 is 0 Å². The summed E-state index contributed by atoms with van der Waals surface area (Å²) in [7, 11) is 1.60. The fraction of sp³-hybridized carbons (Fsp3) is 0.462. The summed E-state index contributed by atoms with van der Waals surface area (Å²) in [5.74, 6) is -0.0424. The fourth-order valence-electron chi connectivity index (χ4n) is 1.50. The van der Waals surface area contributed by atoms with Crippen LogP contribution in [0.2, 0.25) is 10.0 Å². The molecular weight excluding hydrogens is 287 g/mol. The van der Waals surface area contributed by atoms with E-state index in [0.717, 1.165) is 12.0 Å². The van der Waals surface area contributed by atoms with E-state index in [2.05, 4.69) is 10.6 Å². The van der Waals surface area contributed by atoms with Crippen molar-refractivity contribution in [2.24, 2.45) is 0 Å². The molecule has 0 fully saturated rings. The lowest BCUT2D eigenvalue weighted by atomic mass is 10.1. The van der Waals surface area contributed by atoms with Crippen LogP contribution in [0.25, 0.3) is 0 Å². The van der Waals surface area contributed by atoms with Crippen molar-refractivity contribution in [2.45, 2.75) is 6.42 Å². The van der Waals surface area contributed by atoms with Crippen LogP contribution in [0, 0.1) is 0 Å². The summed E-state index contributed by atoms with van der Waals surface area (Å²) < 4.78 is 4.84. The third-order valence-corrected chi connectivity index (χ3v) is 3.09. The molecule has 1 amide bonds. The highest BCUT2D eigenvalue weighted by Crippen LogP contribution is 2.20. The highest BCUT2D eigenvalue weighted by atomic mass is 35.5. The second-order valence-electron chi connectivity index (χ2n) is 4.01. The molecule has 0 aliphatic rings. The Labute approximate surface area is 123 Å². The van der Waals surface area contributed by atoms with Crippen LogP contribution in [-0.2, 0) is 16.0 Å². The summed E-state index contributed by atoms with van der Waals surface area (Å²) in [6.07, 6.45) is 0.751. The summed E-state index contributed by atoms with van der Waals surface area (Å²) in [4.78, 5) is 11.4. The summed E-state index contributed by atoms with van der Waals surface area (Å²) in [5.41, 5.74) is 1.01. The van der Waals surface area contributed by atoms with E-state index >= 15 is 0 Å². The Kier molecular flexibility index (Phi) is 7.82. The van der Waals surface area contributed by atoms with Gasteiger partial charge in [-0.1, -0.05) is 29.3 Å². The summed E-state index contributed by atoms with van der Waals surface area (Å²) in [6.45, 7) is 2.01. The van der Waals surface area contributed by atoms with Gasteiger partial charge in [0, 0.05) is 23.7 Å². The van der Waals surface area contributed by atoms with E-state index in [9.17, 15) is 4.79 Å². The molecule has 0 aliphatic carbocycles. The minimum Gasteiger partial charge on any atom is -0.383 e. The number of benzene rings is 1. The van der Waals surface area contributed by atoms with E-state index in [4.69, 9.17) is 27.9 Å². The molecule has 1 rings (SSSR count). The molecule has 0 saturated heterocycles. The van der Waals surface area contributed by atoms with Crippen LogP contribution in [0.4, 0.5) is 0 Å². The number of ether oxygens (including phenoxy) is 1. The maximum Gasteiger partial charge on any atom is 0.234 e. The van der Waals surface area contributed by atoms with Crippen molar-refractivity contribution in [1.82, 2.24) is 10.6 Å². The zero-order valence-electron chi connectivity index (χ0n) is 10.8. The largest absolute Gasteiger partial charge is 0.383 e. The van der Waals surface area contributed by atoms with Gasteiger partial charge in [0.15, 0.2) is 0 Å². The van der Waals surface area contributed by atoms with E-state index in [0.29, 0.717) is 29.7 Å². The number of hydrogen-bond acceptors (Lipinski definition) is 3. The van der Waals surface area contributed by atoms with Crippen molar-refractivity contribution in [1.29, 1.82) is 0 Å². The average Bonchev–Trinajstić information content (AvgIpc) is 2.37. The summed E-state index contributed by atoms with van der Waals surface area (Å²) >= 11 is 11.9. The van der Waals surface area contributed by atoms with Crippen LogP contribution in [0.1, 0.15) is 5.56 Å². The van der Waals surface area contributed by atoms with Gasteiger partial charge in [0.1, 0.15) is 0 Å². The molecule has 0 saturated carbocycles. The molecule has 0 radical (unpaired) electrons. The molecule has 2 N–H and O–H groups in total. The molecule has 0 spiro atoms. The number of amides is 1. The van der Waals surface area contributed by atoms with Crippen molar-refractivity contribution in [3.8, 4) is 0 Å². The van der Waals surface area contributed by atoms with Gasteiger partial charge in [-0.05, 0) is 30.7 Å². The smallest absolute Gasteiger partial charge is 0.234 e. The van der Waals surface area contributed by atoms with Crippen molar-refractivity contribution in [3.63, 3.8) is 0 Å².